The van der Waals surface area contributed by atoms with Gasteiger partial charge in [0.15, 0.2) is 4.32 Å². The maximum Gasteiger partial charge on any atom is 0.270 e. The predicted octanol–water partition coefficient (Wildman–Crippen LogP) is 1.44. The first-order valence-corrected chi connectivity index (χ1v) is 8.55. The molecule has 1 fully saturated rings. The zero-order valence-corrected chi connectivity index (χ0v) is 14.9. The third-order valence-electron chi connectivity index (χ3n) is 3.61. The molecule has 3 rings (SSSR count). The van der Waals surface area contributed by atoms with Gasteiger partial charge in [0.05, 0.1) is 21.5 Å². The number of hydrogen-bond acceptors (Lipinski definition) is 8. The van der Waals surface area contributed by atoms with Crippen LogP contribution < -0.4 is 15.1 Å². The van der Waals surface area contributed by atoms with Crippen molar-refractivity contribution in [1.29, 1.82) is 0 Å². The maximum atomic E-state index is 12.7. The zero-order chi connectivity index (χ0) is 19.7. The number of carboxylic acids is 1. The number of benzene rings is 2. The van der Waals surface area contributed by atoms with E-state index in [-0.39, 0.29) is 20.5 Å². The number of nitrogens with zero attached hydrogens (tertiary/aromatic N) is 2. The van der Waals surface area contributed by atoms with Crippen molar-refractivity contribution in [3.05, 3.63) is 68.6 Å². The summed E-state index contributed by atoms with van der Waals surface area (Å²) in [4.78, 5) is 35.1. The molecule has 0 spiro atoms. The lowest BCUT2D eigenvalue weighted by Crippen LogP contribution is -2.28. The summed E-state index contributed by atoms with van der Waals surface area (Å²) in [5.74, 6) is -2.62. The van der Waals surface area contributed by atoms with Gasteiger partial charge in [-0.25, -0.2) is 0 Å². The molecule has 1 amide bonds. The van der Waals surface area contributed by atoms with Gasteiger partial charge in [-0.2, -0.15) is 0 Å². The van der Waals surface area contributed by atoms with E-state index in [4.69, 9.17) is 12.2 Å². The summed E-state index contributed by atoms with van der Waals surface area (Å²) in [6.07, 6.45) is 1.38. The van der Waals surface area contributed by atoms with Crippen LogP contribution in [0.4, 0.5) is 11.4 Å². The molecule has 0 N–H and O–H groups in total. The molecule has 27 heavy (non-hydrogen) atoms. The Morgan fingerprint density at radius 2 is 1.96 bits per heavy atom. The van der Waals surface area contributed by atoms with E-state index in [2.05, 4.69) is 0 Å². The average molecular weight is 400 g/mol. The normalized spacial score (nSPS) is 15.4. The Kier molecular flexibility index (Phi) is 4.93. The Morgan fingerprint density at radius 1 is 1.22 bits per heavy atom. The molecule has 2 aromatic rings. The van der Waals surface area contributed by atoms with Crippen molar-refractivity contribution in [2.75, 3.05) is 4.90 Å². The predicted molar refractivity (Wildman–Crippen MR) is 99.0 cm³/mol. The van der Waals surface area contributed by atoms with Crippen LogP contribution in [0.1, 0.15) is 15.9 Å². The Morgan fingerprint density at radius 3 is 2.63 bits per heavy atom. The van der Waals surface area contributed by atoms with E-state index >= 15 is 0 Å². The number of nitro benzene ring substituents is 1. The molecular weight excluding hydrogens is 392 g/mol. The number of carbonyl (C=O) groups is 2. The Bertz CT molecular complexity index is 1030. The van der Waals surface area contributed by atoms with Gasteiger partial charge in [0.25, 0.3) is 11.6 Å². The highest BCUT2D eigenvalue weighted by Gasteiger charge is 2.33. The van der Waals surface area contributed by atoms with Crippen LogP contribution in [0.2, 0.25) is 0 Å². The van der Waals surface area contributed by atoms with Crippen LogP contribution in [-0.2, 0) is 4.79 Å². The van der Waals surface area contributed by atoms with Crippen LogP contribution in [0.25, 0.3) is 6.08 Å². The second-order valence-electron chi connectivity index (χ2n) is 5.34. The smallest absolute Gasteiger partial charge is 0.270 e. The first-order chi connectivity index (χ1) is 12.8. The zero-order valence-electron chi connectivity index (χ0n) is 13.3. The minimum Gasteiger partial charge on any atom is -0.868 e. The topological polar surface area (TPSA) is 127 Å². The minimum absolute atomic E-state index is 0.104. The molecular formula is C17H8N2O6S2-2. The average Bonchev–Trinajstić information content (AvgIpc) is 2.90. The summed E-state index contributed by atoms with van der Waals surface area (Å²) in [6, 6.07) is 9.06. The minimum atomic E-state index is -1.39. The van der Waals surface area contributed by atoms with Crippen LogP contribution in [0.3, 0.4) is 0 Å². The summed E-state index contributed by atoms with van der Waals surface area (Å²) in [7, 11) is 0. The number of rotatable bonds is 4. The molecule has 8 nitrogen and oxygen atoms in total. The highest BCUT2D eigenvalue weighted by Crippen LogP contribution is 2.37. The lowest BCUT2D eigenvalue weighted by atomic mass is 10.1. The number of nitro groups is 1. The number of aromatic carboxylic acids is 1. The number of thiocarbonyl (C=S) groups is 1. The molecule has 1 aliphatic rings. The molecule has 0 atom stereocenters. The molecule has 0 unspecified atom stereocenters. The Balaban J connectivity index is 1.96. The summed E-state index contributed by atoms with van der Waals surface area (Å²) < 4.78 is 0.177. The number of carboxylic acid groups (broad SMARTS) is 1. The van der Waals surface area contributed by atoms with E-state index in [1.807, 2.05) is 0 Å². The maximum absolute atomic E-state index is 12.7. The van der Waals surface area contributed by atoms with Gasteiger partial charge in [-0.3, -0.25) is 19.8 Å². The van der Waals surface area contributed by atoms with Crippen molar-refractivity contribution in [2.24, 2.45) is 0 Å². The number of hydrogen-bond donors (Lipinski definition) is 0. The Labute approximate surface area is 161 Å². The third-order valence-corrected chi connectivity index (χ3v) is 4.91. The van der Waals surface area contributed by atoms with Crippen molar-refractivity contribution >= 4 is 57.6 Å². The van der Waals surface area contributed by atoms with Gasteiger partial charge in [-0.05, 0) is 35.1 Å². The molecule has 10 heteroatoms. The van der Waals surface area contributed by atoms with E-state index in [1.54, 1.807) is 0 Å². The standard InChI is InChI=1S/C17H10N2O6S2/c20-13-5-4-9(6-12(13)19(24)25)7-14-15(21)18(17(26)27-14)11-3-1-2-10(8-11)16(22)23/h1-8,20H,(H,22,23)/p-2/b14-7+. The van der Waals surface area contributed by atoms with Crippen molar-refractivity contribution in [3.8, 4) is 5.75 Å². The SMILES string of the molecule is O=C([O-])c1cccc(N2C(=O)/C(=C\c3ccc([O-])c([N+](=O)[O-])c3)SC2=S)c1. The molecule has 0 aliphatic carbocycles. The fourth-order valence-electron chi connectivity index (χ4n) is 2.38. The quantitative estimate of drug-likeness (QED) is 0.326. The fourth-order valence-corrected chi connectivity index (χ4v) is 3.68. The Hall–Kier alpha value is -3.24. The van der Waals surface area contributed by atoms with Crippen molar-refractivity contribution < 1.29 is 24.7 Å². The van der Waals surface area contributed by atoms with Gasteiger partial charge in [-0.15, -0.1) is 0 Å². The molecule has 2 aromatic carbocycles. The number of carbonyl (C=O) groups excluding carboxylic acids is 2. The van der Waals surface area contributed by atoms with Crippen molar-refractivity contribution in [3.63, 3.8) is 0 Å². The lowest BCUT2D eigenvalue weighted by molar-refractivity contribution is -0.398. The first kappa shape index (κ1) is 18.5. The van der Waals surface area contributed by atoms with Gasteiger partial charge in [0.2, 0.25) is 0 Å². The van der Waals surface area contributed by atoms with Crippen LogP contribution in [0.15, 0.2) is 47.4 Å². The van der Waals surface area contributed by atoms with Gasteiger partial charge in [0.1, 0.15) is 0 Å². The number of thioether (sulfide) groups is 1. The second-order valence-corrected chi connectivity index (χ2v) is 7.01. The molecule has 1 saturated heterocycles. The molecule has 0 radical (unpaired) electrons. The molecule has 0 aromatic heterocycles. The monoisotopic (exact) mass is 400 g/mol. The summed E-state index contributed by atoms with van der Waals surface area (Å²) in [6.45, 7) is 0. The summed E-state index contributed by atoms with van der Waals surface area (Å²) >= 11 is 6.16. The molecule has 1 heterocycles. The highest BCUT2D eigenvalue weighted by molar-refractivity contribution is 8.27. The van der Waals surface area contributed by atoms with Crippen LogP contribution in [0, 0.1) is 10.1 Å². The van der Waals surface area contributed by atoms with Crippen LogP contribution in [-0.4, -0.2) is 21.1 Å². The summed E-state index contributed by atoms with van der Waals surface area (Å²) in [5, 5.41) is 33.4. The summed E-state index contributed by atoms with van der Waals surface area (Å²) in [5.41, 5.74) is -0.137. The second kappa shape index (κ2) is 7.17. The van der Waals surface area contributed by atoms with Gasteiger partial charge >= 0.3 is 0 Å². The van der Waals surface area contributed by atoms with E-state index < -0.39 is 28.2 Å². The largest absolute Gasteiger partial charge is 0.868 e. The number of amides is 1. The molecule has 0 saturated carbocycles. The first-order valence-electron chi connectivity index (χ1n) is 7.33. The molecule has 136 valence electrons. The van der Waals surface area contributed by atoms with Crippen LogP contribution in [0.5, 0.6) is 5.75 Å². The van der Waals surface area contributed by atoms with Gasteiger partial charge in [0, 0.05) is 6.07 Å². The molecule has 0 bridgehead atoms. The van der Waals surface area contributed by atoms with Gasteiger partial charge in [-0.1, -0.05) is 48.2 Å². The van der Waals surface area contributed by atoms with Crippen molar-refractivity contribution in [1.82, 2.24) is 0 Å². The fraction of sp³-hybridized carbons (Fsp3) is 0. The van der Waals surface area contributed by atoms with E-state index in [9.17, 15) is 29.9 Å². The number of anilines is 1. The van der Waals surface area contributed by atoms with E-state index in [0.29, 0.717) is 5.56 Å². The van der Waals surface area contributed by atoms with E-state index in [1.165, 1.54) is 36.4 Å². The van der Waals surface area contributed by atoms with Crippen LogP contribution >= 0.6 is 24.0 Å². The van der Waals surface area contributed by atoms with Crippen molar-refractivity contribution in [2.45, 2.75) is 0 Å². The van der Waals surface area contributed by atoms with Gasteiger partial charge < -0.3 is 15.0 Å². The lowest BCUT2D eigenvalue weighted by Gasteiger charge is -2.15. The van der Waals surface area contributed by atoms with E-state index in [0.717, 1.165) is 28.8 Å². The molecule has 1 aliphatic heterocycles. The highest BCUT2D eigenvalue weighted by atomic mass is 32.2. The third kappa shape index (κ3) is 3.66.